The Balaban J connectivity index is 1.68. The zero-order valence-electron chi connectivity index (χ0n) is 13.7. The SMILES string of the molecule is Cc1cc(C)n([C@@H]2CCN(c3nccc(CCC(F)(F)F)n3)C2)n1. The predicted octanol–water partition coefficient (Wildman–Crippen LogP) is 3.24. The van der Waals surface area contributed by atoms with Gasteiger partial charge < -0.3 is 4.90 Å². The molecule has 8 heteroatoms. The van der Waals surface area contributed by atoms with Gasteiger partial charge in [-0.3, -0.25) is 4.68 Å². The Hall–Kier alpha value is -2.12. The lowest BCUT2D eigenvalue weighted by molar-refractivity contribution is -0.134. The maximum Gasteiger partial charge on any atom is 0.389 e. The van der Waals surface area contributed by atoms with Gasteiger partial charge in [0.1, 0.15) is 0 Å². The summed E-state index contributed by atoms with van der Waals surface area (Å²) in [6, 6.07) is 3.82. The molecule has 1 atom stereocenters. The molecule has 0 aliphatic carbocycles. The molecule has 0 bridgehead atoms. The van der Waals surface area contributed by atoms with Crippen LogP contribution in [0.4, 0.5) is 19.1 Å². The highest BCUT2D eigenvalue weighted by Gasteiger charge is 2.29. The highest BCUT2D eigenvalue weighted by Crippen LogP contribution is 2.26. The number of aromatic nitrogens is 4. The van der Waals surface area contributed by atoms with Crippen LogP contribution in [0.1, 0.15) is 36.0 Å². The van der Waals surface area contributed by atoms with Crippen LogP contribution in [0.5, 0.6) is 0 Å². The molecule has 0 saturated carbocycles. The summed E-state index contributed by atoms with van der Waals surface area (Å²) in [5, 5.41) is 4.52. The Morgan fingerprint density at radius 3 is 2.75 bits per heavy atom. The first-order valence-corrected chi connectivity index (χ1v) is 7.98. The average molecular weight is 339 g/mol. The van der Waals surface area contributed by atoms with Gasteiger partial charge in [-0.15, -0.1) is 0 Å². The molecule has 24 heavy (non-hydrogen) atoms. The number of hydrogen-bond acceptors (Lipinski definition) is 4. The summed E-state index contributed by atoms with van der Waals surface area (Å²) in [4.78, 5) is 10.5. The molecule has 2 aromatic rings. The van der Waals surface area contributed by atoms with Crippen molar-refractivity contribution in [2.45, 2.75) is 45.3 Å². The average Bonchev–Trinajstić information content (AvgIpc) is 3.11. The molecule has 0 unspecified atom stereocenters. The van der Waals surface area contributed by atoms with Crippen LogP contribution in [-0.2, 0) is 6.42 Å². The first-order valence-electron chi connectivity index (χ1n) is 7.98. The maximum absolute atomic E-state index is 12.4. The Morgan fingerprint density at radius 2 is 2.08 bits per heavy atom. The highest BCUT2D eigenvalue weighted by atomic mass is 19.4. The number of aryl methyl sites for hydroxylation is 3. The van der Waals surface area contributed by atoms with Gasteiger partial charge in [-0.25, -0.2) is 9.97 Å². The molecule has 1 aliphatic rings. The smallest absolute Gasteiger partial charge is 0.339 e. The summed E-state index contributed by atoms with van der Waals surface area (Å²) in [6.07, 6.45) is -2.70. The highest BCUT2D eigenvalue weighted by molar-refractivity contribution is 5.32. The Bertz CT molecular complexity index is 710. The van der Waals surface area contributed by atoms with E-state index in [-0.39, 0.29) is 12.5 Å². The van der Waals surface area contributed by atoms with Crippen LogP contribution in [0, 0.1) is 13.8 Å². The van der Waals surface area contributed by atoms with Gasteiger partial charge in [0.15, 0.2) is 0 Å². The molecule has 0 aromatic carbocycles. The van der Waals surface area contributed by atoms with Gasteiger partial charge in [0.2, 0.25) is 5.95 Å². The molecule has 1 saturated heterocycles. The number of halogens is 3. The Morgan fingerprint density at radius 1 is 1.29 bits per heavy atom. The van der Waals surface area contributed by atoms with E-state index in [2.05, 4.69) is 15.1 Å². The van der Waals surface area contributed by atoms with Crippen molar-refractivity contribution >= 4 is 5.95 Å². The fourth-order valence-corrected chi connectivity index (χ4v) is 3.08. The fourth-order valence-electron chi connectivity index (χ4n) is 3.08. The zero-order chi connectivity index (χ0) is 17.3. The minimum atomic E-state index is -4.17. The third kappa shape index (κ3) is 3.85. The molecule has 0 spiro atoms. The zero-order valence-corrected chi connectivity index (χ0v) is 13.7. The summed E-state index contributed by atoms with van der Waals surface area (Å²) in [5.41, 5.74) is 2.52. The van der Waals surface area contributed by atoms with Gasteiger partial charge in [-0.2, -0.15) is 18.3 Å². The van der Waals surface area contributed by atoms with E-state index in [9.17, 15) is 13.2 Å². The molecular formula is C16H20F3N5. The van der Waals surface area contributed by atoms with E-state index < -0.39 is 12.6 Å². The molecular weight excluding hydrogens is 319 g/mol. The lowest BCUT2D eigenvalue weighted by atomic mass is 10.2. The van der Waals surface area contributed by atoms with Crippen LogP contribution in [0.25, 0.3) is 0 Å². The molecule has 1 fully saturated rings. The van der Waals surface area contributed by atoms with Gasteiger partial charge in [-0.05, 0) is 38.8 Å². The summed E-state index contributed by atoms with van der Waals surface area (Å²) < 4.78 is 39.1. The van der Waals surface area contributed by atoms with Crippen molar-refractivity contribution in [1.29, 1.82) is 0 Å². The largest absolute Gasteiger partial charge is 0.389 e. The summed E-state index contributed by atoms with van der Waals surface area (Å²) in [6.45, 7) is 5.47. The van der Waals surface area contributed by atoms with Crippen molar-refractivity contribution in [2.24, 2.45) is 0 Å². The van der Waals surface area contributed by atoms with Gasteiger partial charge >= 0.3 is 6.18 Å². The molecule has 0 amide bonds. The van der Waals surface area contributed by atoms with Gasteiger partial charge in [0, 0.05) is 37.1 Å². The summed E-state index contributed by atoms with van der Waals surface area (Å²) in [5.74, 6) is 0.499. The van der Waals surface area contributed by atoms with Gasteiger partial charge in [-0.1, -0.05) is 0 Å². The first kappa shape index (κ1) is 16.7. The number of alkyl halides is 3. The van der Waals surface area contributed by atoms with E-state index in [1.165, 1.54) is 6.20 Å². The van der Waals surface area contributed by atoms with Crippen molar-refractivity contribution in [3.63, 3.8) is 0 Å². The standard InChI is InChI=1S/C16H20F3N5/c1-11-9-12(2)24(22-11)14-5-8-23(10-14)15-20-7-4-13(21-15)3-6-16(17,18)19/h4,7,9,14H,3,5-6,8,10H2,1-2H3/t14-/m1/s1. The van der Waals surface area contributed by atoms with Crippen LogP contribution in [-0.4, -0.2) is 39.0 Å². The molecule has 0 radical (unpaired) electrons. The summed E-state index contributed by atoms with van der Waals surface area (Å²) in [7, 11) is 0. The topological polar surface area (TPSA) is 46.8 Å². The lowest BCUT2D eigenvalue weighted by Gasteiger charge is -2.18. The second kappa shape index (κ2) is 6.41. The van der Waals surface area contributed by atoms with E-state index in [0.29, 0.717) is 18.2 Å². The maximum atomic E-state index is 12.4. The molecule has 3 rings (SSSR count). The van der Waals surface area contributed by atoms with Crippen LogP contribution < -0.4 is 4.90 Å². The van der Waals surface area contributed by atoms with E-state index in [1.807, 2.05) is 29.5 Å². The Labute approximate surface area is 138 Å². The third-order valence-electron chi connectivity index (χ3n) is 4.20. The second-order valence-corrected chi connectivity index (χ2v) is 6.22. The van der Waals surface area contributed by atoms with Crippen LogP contribution in [0.2, 0.25) is 0 Å². The van der Waals surface area contributed by atoms with Crippen molar-refractivity contribution in [2.75, 3.05) is 18.0 Å². The van der Waals surface area contributed by atoms with Crippen LogP contribution in [0.15, 0.2) is 18.3 Å². The van der Waals surface area contributed by atoms with Crippen molar-refractivity contribution in [3.8, 4) is 0 Å². The molecule has 1 aliphatic heterocycles. The molecule has 5 nitrogen and oxygen atoms in total. The Kier molecular flexibility index (Phi) is 4.47. The van der Waals surface area contributed by atoms with E-state index >= 15 is 0 Å². The van der Waals surface area contributed by atoms with E-state index in [1.54, 1.807) is 6.07 Å². The fraction of sp³-hybridized carbons (Fsp3) is 0.562. The molecule has 3 heterocycles. The predicted molar refractivity (Wildman–Crippen MR) is 84.0 cm³/mol. The third-order valence-corrected chi connectivity index (χ3v) is 4.20. The lowest BCUT2D eigenvalue weighted by Crippen LogP contribution is -2.24. The number of rotatable bonds is 4. The van der Waals surface area contributed by atoms with Gasteiger partial charge in [0.25, 0.3) is 0 Å². The van der Waals surface area contributed by atoms with Crippen molar-refractivity contribution in [3.05, 3.63) is 35.4 Å². The number of anilines is 1. The van der Waals surface area contributed by atoms with Crippen molar-refractivity contribution in [1.82, 2.24) is 19.7 Å². The number of nitrogens with zero attached hydrogens (tertiary/aromatic N) is 5. The van der Waals surface area contributed by atoms with E-state index in [4.69, 9.17) is 0 Å². The van der Waals surface area contributed by atoms with Crippen molar-refractivity contribution < 1.29 is 13.2 Å². The van der Waals surface area contributed by atoms with E-state index in [0.717, 1.165) is 24.4 Å². The van der Waals surface area contributed by atoms with Crippen LogP contribution in [0.3, 0.4) is 0 Å². The molecule has 2 aromatic heterocycles. The second-order valence-electron chi connectivity index (χ2n) is 6.22. The van der Waals surface area contributed by atoms with Gasteiger partial charge in [0.05, 0.1) is 11.7 Å². The monoisotopic (exact) mass is 339 g/mol. The normalized spacial score (nSPS) is 18.4. The number of hydrogen-bond donors (Lipinski definition) is 0. The van der Waals surface area contributed by atoms with Crippen LogP contribution >= 0.6 is 0 Å². The minimum Gasteiger partial charge on any atom is -0.339 e. The first-order chi connectivity index (χ1) is 11.3. The minimum absolute atomic E-state index is 0.117. The molecule has 0 N–H and O–H groups in total. The summed E-state index contributed by atoms with van der Waals surface area (Å²) >= 11 is 0. The quantitative estimate of drug-likeness (QED) is 0.858. The molecule has 130 valence electrons.